The largest absolute Gasteiger partial charge is 0.508 e. The van der Waals surface area contributed by atoms with Gasteiger partial charge in [-0.1, -0.05) is 6.07 Å². The number of amides is 1. The van der Waals surface area contributed by atoms with Crippen LogP contribution < -0.4 is 0 Å². The van der Waals surface area contributed by atoms with Crippen LogP contribution in [0.3, 0.4) is 0 Å². The molecule has 2 rings (SSSR count). The van der Waals surface area contributed by atoms with Crippen molar-refractivity contribution in [2.24, 2.45) is 5.92 Å². The SMILES string of the molecule is O=C(O)CC1CCN(C(=O)c2cccc(O)c2)C1. The van der Waals surface area contributed by atoms with Crippen molar-refractivity contribution in [3.05, 3.63) is 29.8 Å². The number of carboxylic acid groups (broad SMARTS) is 1. The zero-order valence-electron chi connectivity index (χ0n) is 9.87. The molecule has 18 heavy (non-hydrogen) atoms. The number of likely N-dealkylation sites (tertiary alicyclic amines) is 1. The fraction of sp³-hybridized carbons (Fsp3) is 0.385. The van der Waals surface area contributed by atoms with Crippen LogP contribution in [-0.2, 0) is 4.79 Å². The van der Waals surface area contributed by atoms with E-state index in [1.165, 1.54) is 12.1 Å². The molecule has 0 saturated carbocycles. The van der Waals surface area contributed by atoms with Crippen LogP contribution in [0.5, 0.6) is 5.75 Å². The lowest BCUT2D eigenvalue weighted by molar-refractivity contribution is -0.138. The number of benzene rings is 1. The molecular weight excluding hydrogens is 234 g/mol. The van der Waals surface area contributed by atoms with Gasteiger partial charge in [0.2, 0.25) is 0 Å². The van der Waals surface area contributed by atoms with Crippen molar-refractivity contribution in [3.63, 3.8) is 0 Å². The van der Waals surface area contributed by atoms with Crippen molar-refractivity contribution in [1.29, 1.82) is 0 Å². The maximum Gasteiger partial charge on any atom is 0.303 e. The molecule has 5 heteroatoms. The standard InChI is InChI=1S/C13H15NO4/c15-11-3-1-2-10(7-11)13(18)14-5-4-9(8-14)6-12(16)17/h1-3,7,9,15H,4-6,8H2,(H,16,17). The number of phenols is 1. The summed E-state index contributed by atoms with van der Waals surface area (Å²) >= 11 is 0. The Kier molecular flexibility index (Phi) is 3.50. The van der Waals surface area contributed by atoms with Gasteiger partial charge in [-0.05, 0) is 30.5 Å². The second kappa shape index (κ2) is 5.08. The van der Waals surface area contributed by atoms with E-state index in [9.17, 15) is 14.7 Å². The zero-order valence-corrected chi connectivity index (χ0v) is 9.87. The third-order valence-electron chi connectivity index (χ3n) is 3.13. The number of carboxylic acids is 1. The Morgan fingerprint density at radius 1 is 1.39 bits per heavy atom. The fourth-order valence-electron chi connectivity index (χ4n) is 2.25. The Labute approximate surface area is 105 Å². The van der Waals surface area contributed by atoms with E-state index < -0.39 is 5.97 Å². The van der Waals surface area contributed by atoms with Gasteiger partial charge < -0.3 is 15.1 Å². The third-order valence-corrected chi connectivity index (χ3v) is 3.13. The normalized spacial score (nSPS) is 18.9. The molecule has 1 aromatic rings. The molecule has 0 radical (unpaired) electrons. The van der Waals surface area contributed by atoms with Gasteiger partial charge in [0.1, 0.15) is 5.75 Å². The molecule has 1 aliphatic rings. The molecule has 1 amide bonds. The summed E-state index contributed by atoms with van der Waals surface area (Å²) in [4.78, 5) is 24.3. The van der Waals surface area contributed by atoms with Gasteiger partial charge in [-0.3, -0.25) is 9.59 Å². The number of rotatable bonds is 3. The second-order valence-corrected chi connectivity index (χ2v) is 4.55. The average Bonchev–Trinajstić information content (AvgIpc) is 2.75. The number of carbonyl (C=O) groups is 2. The predicted molar refractivity (Wildman–Crippen MR) is 64.4 cm³/mol. The van der Waals surface area contributed by atoms with Gasteiger partial charge in [-0.2, -0.15) is 0 Å². The number of aliphatic carboxylic acids is 1. The van der Waals surface area contributed by atoms with Gasteiger partial charge in [0, 0.05) is 25.1 Å². The minimum atomic E-state index is -0.827. The fourth-order valence-corrected chi connectivity index (χ4v) is 2.25. The van der Waals surface area contributed by atoms with Crippen LogP contribution >= 0.6 is 0 Å². The first-order valence-corrected chi connectivity index (χ1v) is 5.86. The van der Waals surface area contributed by atoms with Crippen molar-refractivity contribution in [2.45, 2.75) is 12.8 Å². The highest BCUT2D eigenvalue weighted by molar-refractivity contribution is 5.94. The summed E-state index contributed by atoms with van der Waals surface area (Å²) in [7, 11) is 0. The summed E-state index contributed by atoms with van der Waals surface area (Å²) in [6.07, 6.45) is 0.820. The van der Waals surface area contributed by atoms with E-state index in [4.69, 9.17) is 5.11 Å². The van der Waals surface area contributed by atoms with Crippen molar-refractivity contribution >= 4 is 11.9 Å². The summed E-state index contributed by atoms with van der Waals surface area (Å²) in [5, 5.41) is 18.0. The van der Waals surface area contributed by atoms with E-state index in [1.54, 1.807) is 17.0 Å². The first kappa shape index (κ1) is 12.4. The molecule has 1 fully saturated rings. The molecule has 1 atom stereocenters. The lowest BCUT2D eigenvalue weighted by atomic mass is 10.1. The van der Waals surface area contributed by atoms with Crippen molar-refractivity contribution < 1.29 is 19.8 Å². The van der Waals surface area contributed by atoms with E-state index in [-0.39, 0.29) is 24.0 Å². The van der Waals surface area contributed by atoms with Gasteiger partial charge >= 0.3 is 5.97 Å². The highest BCUT2D eigenvalue weighted by Crippen LogP contribution is 2.22. The second-order valence-electron chi connectivity index (χ2n) is 4.55. The lowest BCUT2D eigenvalue weighted by Gasteiger charge is -2.16. The van der Waals surface area contributed by atoms with Crippen LogP contribution in [0.2, 0.25) is 0 Å². The predicted octanol–water partition coefficient (Wildman–Crippen LogP) is 1.33. The quantitative estimate of drug-likeness (QED) is 0.847. The van der Waals surface area contributed by atoms with Crippen LogP contribution in [0.4, 0.5) is 0 Å². The van der Waals surface area contributed by atoms with Gasteiger partial charge in [-0.15, -0.1) is 0 Å². The van der Waals surface area contributed by atoms with E-state index in [1.807, 2.05) is 0 Å². The maximum atomic E-state index is 12.1. The molecule has 1 aliphatic heterocycles. The Morgan fingerprint density at radius 3 is 2.83 bits per heavy atom. The lowest BCUT2D eigenvalue weighted by Crippen LogP contribution is -2.28. The molecule has 2 N–H and O–H groups in total. The number of phenolic OH excluding ortho intramolecular Hbond substituents is 1. The maximum absolute atomic E-state index is 12.1. The first-order chi connectivity index (χ1) is 8.56. The summed E-state index contributed by atoms with van der Waals surface area (Å²) in [5.74, 6) is -0.892. The van der Waals surface area contributed by atoms with Gasteiger partial charge in [0.25, 0.3) is 5.91 Å². The number of nitrogens with zero attached hydrogens (tertiary/aromatic N) is 1. The highest BCUT2D eigenvalue weighted by Gasteiger charge is 2.28. The van der Waals surface area contributed by atoms with E-state index in [0.717, 1.165) is 6.42 Å². The van der Waals surface area contributed by atoms with E-state index >= 15 is 0 Å². The van der Waals surface area contributed by atoms with Crippen LogP contribution in [0.1, 0.15) is 23.2 Å². The Morgan fingerprint density at radius 2 is 2.17 bits per heavy atom. The minimum Gasteiger partial charge on any atom is -0.508 e. The van der Waals surface area contributed by atoms with Gasteiger partial charge in [-0.25, -0.2) is 0 Å². The van der Waals surface area contributed by atoms with Crippen LogP contribution in [0.25, 0.3) is 0 Å². The molecule has 96 valence electrons. The topological polar surface area (TPSA) is 77.8 Å². The molecule has 0 spiro atoms. The molecule has 0 bridgehead atoms. The van der Waals surface area contributed by atoms with Gasteiger partial charge in [0.15, 0.2) is 0 Å². The summed E-state index contributed by atoms with van der Waals surface area (Å²) in [5.41, 5.74) is 0.436. The molecule has 1 saturated heterocycles. The Bertz CT molecular complexity index is 472. The summed E-state index contributed by atoms with van der Waals surface area (Å²) < 4.78 is 0. The molecule has 0 aromatic heterocycles. The van der Waals surface area contributed by atoms with E-state index in [0.29, 0.717) is 18.7 Å². The van der Waals surface area contributed by atoms with Gasteiger partial charge in [0.05, 0.1) is 0 Å². The zero-order chi connectivity index (χ0) is 13.1. The first-order valence-electron chi connectivity index (χ1n) is 5.86. The van der Waals surface area contributed by atoms with Crippen LogP contribution in [-0.4, -0.2) is 40.1 Å². The van der Waals surface area contributed by atoms with Crippen LogP contribution in [0, 0.1) is 5.92 Å². The molecule has 1 unspecified atom stereocenters. The summed E-state index contributed by atoms with van der Waals surface area (Å²) in [6, 6.07) is 6.20. The number of aromatic hydroxyl groups is 1. The average molecular weight is 249 g/mol. The number of carbonyl (C=O) groups excluding carboxylic acids is 1. The Balaban J connectivity index is 2.01. The number of hydrogen-bond acceptors (Lipinski definition) is 3. The smallest absolute Gasteiger partial charge is 0.303 e. The third kappa shape index (κ3) is 2.80. The molecule has 0 aliphatic carbocycles. The monoisotopic (exact) mass is 249 g/mol. The van der Waals surface area contributed by atoms with Crippen molar-refractivity contribution in [1.82, 2.24) is 4.90 Å². The summed E-state index contributed by atoms with van der Waals surface area (Å²) in [6.45, 7) is 1.05. The molecule has 1 aromatic carbocycles. The minimum absolute atomic E-state index is 0.0313. The molecule has 1 heterocycles. The van der Waals surface area contributed by atoms with Crippen molar-refractivity contribution in [2.75, 3.05) is 13.1 Å². The molecular formula is C13H15NO4. The Hall–Kier alpha value is -2.04. The highest BCUT2D eigenvalue weighted by atomic mass is 16.4. The van der Waals surface area contributed by atoms with Crippen molar-refractivity contribution in [3.8, 4) is 5.75 Å². The number of hydrogen-bond donors (Lipinski definition) is 2. The van der Waals surface area contributed by atoms with Crippen LogP contribution in [0.15, 0.2) is 24.3 Å². The van der Waals surface area contributed by atoms with E-state index in [2.05, 4.69) is 0 Å². The molecule has 5 nitrogen and oxygen atoms in total.